The van der Waals surface area contributed by atoms with E-state index in [1.807, 2.05) is 36.5 Å². The largest absolute Gasteiger partial charge is 0.485 e. The van der Waals surface area contributed by atoms with Gasteiger partial charge in [-0.15, -0.1) is 0 Å². The summed E-state index contributed by atoms with van der Waals surface area (Å²) in [5.41, 5.74) is 9.04. The van der Waals surface area contributed by atoms with Crippen LogP contribution in [0, 0.1) is 11.8 Å². The van der Waals surface area contributed by atoms with Gasteiger partial charge in [0.15, 0.2) is 11.6 Å². The Balaban J connectivity index is 1.28. The molecule has 2 aliphatic rings. The zero-order valence-electron chi connectivity index (χ0n) is 17.9. The van der Waals surface area contributed by atoms with Crippen LogP contribution in [0.5, 0.6) is 5.75 Å². The molecular formula is C25H27N5O2. The molecule has 0 amide bonds. The van der Waals surface area contributed by atoms with Crippen LogP contribution in [-0.2, 0) is 6.61 Å². The van der Waals surface area contributed by atoms with E-state index in [-0.39, 0.29) is 0 Å². The van der Waals surface area contributed by atoms with E-state index < -0.39 is 5.60 Å². The highest BCUT2D eigenvalue weighted by Crippen LogP contribution is 2.34. The van der Waals surface area contributed by atoms with E-state index in [2.05, 4.69) is 38.1 Å². The first-order valence-electron chi connectivity index (χ1n) is 11.1. The van der Waals surface area contributed by atoms with Crippen molar-refractivity contribution < 1.29 is 9.84 Å². The average molecular weight is 430 g/mol. The van der Waals surface area contributed by atoms with E-state index in [1.165, 1.54) is 0 Å². The van der Waals surface area contributed by atoms with E-state index in [4.69, 9.17) is 10.5 Å². The first-order chi connectivity index (χ1) is 15.6. The minimum Gasteiger partial charge on any atom is -0.485 e. The van der Waals surface area contributed by atoms with Crippen molar-refractivity contribution in [1.82, 2.24) is 20.1 Å². The molecule has 0 atom stereocenters. The molecule has 1 aliphatic carbocycles. The van der Waals surface area contributed by atoms with Gasteiger partial charge >= 0.3 is 0 Å². The fraction of sp³-hybridized carbons (Fsp3) is 0.360. The van der Waals surface area contributed by atoms with E-state index in [1.54, 1.807) is 6.20 Å². The van der Waals surface area contributed by atoms with Gasteiger partial charge in [0.2, 0.25) is 0 Å². The van der Waals surface area contributed by atoms with E-state index in [0.717, 1.165) is 61.0 Å². The van der Waals surface area contributed by atoms with Gasteiger partial charge in [0.1, 0.15) is 12.2 Å². The van der Waals surface area contributed by atoms with Crippen molar-refractivity contribution in [2.45, 2.75) is 43.9 Å². The van der Waals surface area contributed by atoms with Crippen molar-refractivity contribution in [3.8, 4) is 28.7 Å². The predicted octanol–water partition coefficient (Wildman–Crippen LogP) is 2.91. The van der Waals surface area contributed by atoms with Crippen LogP contribution in [0.15, 0.2) is 48.9 Å². The number of ether oxygens (including phenoxy) is 1. The van der Waals surface area contributed by atoms with Gasteiger partial charge < -0.3 is 20.9 Å². The molecule has 7 heteroatoms. The second-order valence-corrected chi connectivity index (χ2v) is 8.57. The quantitative estimate of drug-likeness (QED) is 0.540. The fourth-order valence-electron chi connectivity index (χ4n) is 3.82. The van der Waals surface area contributed by atoms with E-state index in [9.17, 15) is 5.11 Å². The molecule has 3 heterocycles. The number of hydrogen-bond donors (Lipinski definition) is 3. The van der Waals surface area contributed by atoms with Crippen molar-refractivity contribution in [3.05, 3.63) is 60.0 Å². The van der Waals surface area contributed by atoms with Crippen LogP contribution in [-0.4, -0.2) is 38.6 Å². The lowest BCUT2D eigenvalue weighted by Gasteiger charge is -2.22. The van der Waals surface area contributed by atoms with Crippen LogP contribution in [0.1, 0.15) is 42.9 Å². The number of nitrogens with zero attached hydrogens (tertiary/aromatic N) is 3. The van der Waals surface area contributed by atoms with Crippen LogP contribution in [0.3, 0.4) is 0 Å². The summed E-state index contributed by atoms with van der Waals surface area (Å²) >= 11 is 0. The number of hydrogen-bond acceptors (Lipinski definition) is 6. The van der Waals surface area contributed by atoms with Gasteiger partial charge in [-0.1, -0.05) is 24.0 Å². The molecule has 164 valence electrons. The molecule has 2 fully saturated rings. The van der Waals surface area contributed by atoms with Gasteiger partial charge in [-0.05, 0) is 62.5 Å². The molecule has 2 aromatic heterocycles. The first-order valence-corrected chi connectivity index (χ1v) is 11.1. The minimum absolute atomic E-state index is 0.351. The fourth-order valence-corrected chi connectivity index (χ4v) is 3.82. The lowest BCUT2D eigenvalue weighted by atomic mass is 10.1. The monoisotopic (exact) mass is 429 g/mol. The highest BCUT2D eigenvalue weighted by atomic mass is 16.5. The van der Waals surface area contributed by atoms with Gasteiger partial charge in [-0.25, -0.2) is 4.98 Å². The molecule has 7 nitrogen and oxygen atoms in total. The molecule has 0 bridgehead atoms. The average Bonchev–Trinajstić information content (AvgIpc) is 3.36. The Kier molecular flexibility index (Phi) is 5.56. The number of nitrogens with one attached hydrogen (secondary N) is 1. The number of nitrogens with two attached hydrogens (primary N) is 1. The smallest absolute Gasteiger partial charge is 0.166 e. The topological polar surface area (TPSA) is 98.2 Å². The van der Waals surface area contributed by atoms with Crippen molar-refractivity contribution in [1.29, 1.82) is 0 Å². The summed E-state index contributed by atoms with van der Waals surface area (Å²) in [6.45, 7) is 2.40. The summed E-state index contributed by atoms with van der Waals surface area (Å²) < 4.78 is 8.05. The molecule has 0 radical (unpaired) electrons. The summed E-state index contributed by atoms with van der Waals surface area (Å²) in [5.74, 6) is 6.88. The van der Waals surface area contributed by atoms with Crippen molar-refractivity contribution in [3.63, 3.8) is 0 Å². The Labute approximate surface area is 187 Å². The van der Waals surface area contributed by atoms with Crippen LogP contribution in [0.25, 0.3) is 11.1 Å². The lowest BCUT2D eigenvalue weighted by Crippen LogP contribution is -2.29. The molecule has 3 aromatic rings. The Hall–Kier alpha value is -3.34. The third kappa shape index (κ3) is 4.77. The summed E-state index contributed by atoms with van der Waals surface area (Å²) in [6, 6.07) is 10.2. The van der Waals surface area contributed by atoms with Gasteiger partial charge in [0.05, 0.1) is 12.2 Å². The Bertz CT molecular complexity index is 1170. The summed E-state index contributed by atoms with van der Waals surface area (Å²) in [7, 11) is 0. The number of rotatable bonds is 5. The number of pyridine rings is 1. The second-order valence-electron chi connectivity index (χ2n) is 8.57. The molecule has 1 saturated heterocycles. The molecule has 4 N–H and O–H groups in total. The Morgan fingerprint density at radius 1 is 1.19 bits per heavy atom. The third-order valence-electron chi connectivity index (χ3n) is 5.98. The molecule has 32 heavy (non-hydrogen) atoms. The van der Waals surface area contributed by atoms with Crippen molar-refractivity contribution in [2.24, 2.45) is 0 Å². The SMILES string of the molecule is Nc1ncc(-c2cnn(C3CCNCC3)c2)cc1OCc1cccc(C#CC2(O)CC2)c1. The summed E-state index contributed by atoms with van der Waals surface area (Å²) in [5, 5.41) is 17.9. The number of piperidine rings is 1. The normalized spacial score (nSPS) is 17.4. The van der Waals surface area contributed by atoms with Crippen LogP contribution >= 0.6 is 0 Å². The summed E-state index contributed by atoms with van der Waals surface area (Å²) in [4.78, 5) is 4.33. The van der Waals surface area contributed by atoms with Crippen molar-refractivity contribution in [2.75, 3.05) is 18.8 Å². The number of anilines is 1. The first kappa shape index (κ1) is 20.6. The Morgan fingerprint density at radius 3 is 2.84 bits per heavy atom. The van der Waals surface area contributed by atoms with Gasteiger partial charge in [0, 0.05) is 29.1 Å². The molecule has 0 spiro atoms. The zero-order chi connectivity index (χ0) is 22.0. The minimum atomic E-state index is -0.783. The highest BCUT2D eigenvalue weighted by Gasteiger charge is 2.38. The van der Waals surface area contributed by atoms with Gasteiger partial charge in [-0.2, -0.15) is 5.10 Å². The molecular weight excluding hydrogens is 402 g/mol. The van der Waals surface area contributed by atoms with Crippen molar-refractivity contribution >= 4 is 5.82 Å². The molecule has 1 aromatic carbocycles. The van der Waals surface area contributed by atoms with E-state index >= 15 is 0 Å². The highest BCUT2D eigenvalue weighted by molar-refractivity contribution is 5.65. The van der Waals surface area contributed by atoms with Gasteiger partial charge in [0.25, 0.3) is 0 Å². The third-order valence-corrected chi connectivity index (χ3v) is 5.98. The number of aliphatic hydroxyl groups is 1. The maximum absolute atomic E-state index is 9.91. The zero-order valence-corrected chi connectivity index (χ0v) is 17.9. The number of benzene rings is 1. The maximum Gasteiger partial charge on any atom is 0.166 e. The number of aromatic nitrogens is 3. The molecule has 1 saturated carbocycles. The standard InChI is InChI=1S/C25H27N5O2/c26-24-23(32-17-19-3-1-2-18(12-19)4-7-25(31)8-9-25)13-20(14-28-24)21-15-29-30(16-21)22-5-10-27-11-6-22/h1-3,12-16,22,27,31H,5-6,8-11,17H2,(H2,26,28). The van der Waals surface area contributed by atoms with Crippen LogP contribution < -0.4 is 15.8 Å². The summed E-state index contributed by atoms with van der Waals surface area (Å²) in [6.07, 6.45) is 9.36. The predicted molar refractivity (Wildman–Crippen MR) is 123 cm³/mol. The molecule has 5 rings (SSSR count). The van der Waals surface area contributed by atoms with Crippen LogP contribution in [0.4, 0.5) is 5.82 Å². The molecule has 1 aliphatic heterocycles. The Morgan fingerprint density at radius 2 is 2.03 bits per heavy atom. The van der Waals surface area contributed by atoms with Gasteiger partial charge in [-0.3, -0.25) is 4.68 Å². The van der Waals surface area contributed by atoms with Crippen LogP contribution in [0.2, 0.25) is 0 Å². The second kappa shape index (κ2) is 8.65. The lowest BCUT2D eigenvalue weighted by molar-refractivity contribution is 0.212. The van der Waals surface area contributed by atoms with E-state index in [0.29, 0.717) is 24.2 Å². The maximum atomic E-state index is 9.91. The molecule has 0 unspecified atom stereocenters. The number of nitrogen functional groups attached to an aromatic ring is 1.